The molecule has 4 aromatic rings. The van der Waals surface area contributed by atoms with Crippen molar-refractivity contribution in [2.24, 2.45) is 0 Å². The van der Waals surface area contributed by atoms with Crippen LogP contribution in [0.25, 0.3) is 11.3 Å². The Kier molecular flexibility index (Phi) is 6.24. The highest BCUT2D eigenvalue weighted by molar-refractivity contribution is 5.74. The maximum absolute atomic E-state index is 12.6. The lowest BCUT2D eigenvalue weighted by Gasteiger charge is -2.29. The van der Waals surface area contributed by atoms with Gasteiger partial charge in [0, 0.05) is 73.4 Å². The number of para-hydroxylation sites is 1. The fourth-order valence-corrected chi connectivity index (χ4v) is 4.98. The van der Waals surface area contributed by atoms with Crippen LogP contribution in [0.15, 0.2) is 71.7 Å². The molecule has 8 heteroatoms. The molecule has 0 saturated carbocycles. The normalized spacial score (nSPS) is 14.4. The van der Waals surface area contributed by atoms with Gasteiger partial charge in [0.05, 0.1) is 18.9 Å². The highest BCUT2D eigenvalue weighted by Gasteiger charge is 2.22. The molecule has 37 heavy (non-hydrogen) atoms. The molecule has 6 rings (SSSR count). The van der Waals surface area contributed by atoms with E-state index in [2.05, 4.69) is 43.7 Å². The monoisotopic (exact) mass is 495 g/mol. The molecule has 1 saturated heterocycles. The van der Waals surface area contributed by atoms with E-state index in [1.807, 2.05) is 43.4 Å². The fraction of sp³-hybridized carbons (Fsp3) is 0.241. The van der Waals surface area contributed by atoms with Crippen molar-refractivity contribution in [2.45, 2.75) is 13.0 Å². The molecule has 2 aromatic heterocycles. The Morgan fingerprint density at radius 2 is 1.92 bits per heavy atom. The largest absolute Gasteiger partial charge is 0.456 e. The third-order valence-electron chi connectivity index (χ3n) is 6.86. The second kappa shape index (κ2) is 9.99. The summed E-state index contributed by atoms with van der Waals surface area (Å²) >= 11 is 0. The number of pyridine rings is 2. The van der Waals surface area contributed by atoms with Crippen molar-refractivity contribution in [3.63, 3.8) is 0 Å². The molecule has 4 heterocycles. The van der Waals surface area contributed by atoms with Crippen LogP contribution in [-0.2, 0) is 17.7 Å². The Labute approximate surface area is 215 Å². The number of benzene rings is 2. The quantitative estimate of drug-likeness (QED) is 0.317. The number of aromatic amines is 1. The number of rotatable bonds is 6. The van der Waals surface area contributed by atoms with Crippen molar-refractivity contribution >= 4 is 17.2 Å². The minimum atomic E-state index is -0.126. The Balaban J connectivity index is 1.26. The van der Waals surface area contributed by atoms with Gasteiger partial charge in [-0.15, -0.1) is 0 Å². The van der Waals surface area contributed by atoms with Crippen LogP contribution in [0.4, 0.5) is 17.2 Å². The average Bonchev–Trinajstić information content (AvgIpc) is 2.95. The number of nitrogens with zero attached hydrogens (tertiary/aromatic N) is 2. The van der Waals surface area contributed by atoms with Crippen molar-refractivity contribution in [3.8, 4) is 22.8 Å². The van der Waals surface area contributed by atoms with E-state index in [1.165, 1.54) is 0 Å². The summed E-state index contributed by atoms with van der Waals surface area (Å²) < 4.78 is 11.9. The first-order valence-corrected chi connectivity index (χ1v) is 12.5. The van der Waals surface area contributed by atoms with Crippen LogP contribution in [-0.4, -0.2) is 43.3 Å². The van der Waals surface area contributed by atoms with Crippen LogP contribution in [0.3, 0.4) is 0 Å². The van der Waals surface area contributed by atoms with Crippen LogP contribution in [0, 0.1) is 0 Å². The molecule has 1 fully saturated rings. The van der Waals surface area contributed by atoms with Crippen LogP contribution in [0.1, 0.15) is 16.7 Å². The molecule has 8 nitrogen and oxygen atoms in total. The number of H-pyrrole nitrogens is 1. The zero-order valence-corrected chi connectivity index (χ0v) is 20.7. The summed E-state index contributed by atoms with van der Waals surface area (Å²) in [6.07, 6.45) is 2.53. The smallest absolute Gasteiger partial charge is 0.250 e. The lowest BCUT2D eigenvalue weighted by molar-refractivity contribution is 0.122. The molecule has 2 aliphatic heterocycles. The first kappa shape index (κ1) is 23.1. The van der Waals surface area contributed by atoms with E-state index in [0.29, 0.717) is 19.8 Å². The lowest BCUT2D eigenvalue weighted by atomic mass is 9.96. The topological polar surface area (TPSA) is 91.5 Å². The van der Waals surface area contributed by atoms with Crippen LogP contribution in [0.5, 0.6) is 11.5 Å². The number of hydrogen-bond donors (Lipinski definition) is 3. The Morgan fingerprint density at radius 1 is 1.03 bits per heavy atom. The Morgan fingerprint density at radius 3 is 2.78 bits per heavy atom. The van der Waals surface area contributed by atoms with Crippen molar-refractivity contribution < 1.29 is 9.47 Å². The van der Waals surface area contributed by atoms with E-state index in [-0.39, 0.29) is 5.56 Å². The van der Waals surface area contributed by atoms with Gasteiger partial charge in [-0.2, -0.15) is 0 Å². The molecule has 3 N–H and O–H groups in total. The first-order chi connectivity index (χ1) is 18.2. The summed E-state index contributed by atoms with van der Waals surface area (Å²) in [5.41, 5.74) is 6.74. The van der Waals surface area contributed by atoms with Gasteiger partial charge in [0.15, 0.2) is 0 Å². The van der Waals surface area contributed by atoms with Crippen LogP contribution < -0.4 is 25.8 Å². The van der Waals surface area contributed by atoms with Gasteiger partial charge in [-0.1, -0.05) is 18.2 Å². The third kappa shape index (κ3) is 4.75. The predicted octanol–water partition coefficient (Wildman–Crippen LogP) is 4.62. The zero-order valence-electron chi connectivity index (χ0n) is 20.7. The van der Waals surface area contributed by atoms with E-state index >= 15 is 0 Å². The maximum Gasteiger partial charge on any atom is 0.250 e. The van der Waals surface area contributed by atoms with Crippen LogP contribution in [0.2, 0.25) is 0 Å². The summed E-state index contributed by atoms with van der Waals surface area (Å²) in [7, 11) is 1.88. The van der Waals surface area contributed by atoms with E-state index < -0.39 is 0 Å². The predicted molar refractivity (Wildman–Crippen MR) is 146 cm³/mol. The van der Waals surface area contributed by atoms with E-state index in [1.54, 1.807) is 12.3 Å². The molecule has 0 unspecified atom stereocenters. The van der Waals surface area contributed by atoms with Gasteiger partial charge in [0.25, 0.3) is 0 Å². The van der Waals surface area contributed by atoms with E-state index in [4.69, 9.17) is 9.47 Å². The molecule has 0 bridgehead atoms. The second-order valence-corrected chi connectivity index (χ2v) is 9.23. The second-order valence-electron chi connectivity index (χ2n) is 9.23. The Hall–Kier alpha value is -4.30. The molecule has 0 spiro atoms. The lowest BCUT2D eigenvalue weighted by Crippen LogP contribution is -2.36. The molecule has 0 amide bonds. The maximum atomic E-state index is 12.6. The van der Waals surface area contributed by atoms with Gasteiger partial charge < -0.3 is 30.0 Å². The molecular weight excluding hydrogens is 466 g/mol. The standard InChI is InChI=1S/C29H29N5O3/c1-30-29-20(5-3-9-31-29)18-32-22-7-8-26-21(15-22)14-19-4-2-6-24(28(19)37-26)25-16-23(17-27(35)33-25)34-10-12-36-13-11-34/h2-9,15-17,32H,10-14,18H2,1H3,(H,30,31)(H,33,35). The summed E-state index contributed by atoms with van der Waals surface area (Å²) in [6.45, 7) is 3.54. The SMILES string of the molecule is CNc1ncccc1CNc1ccc2c(c1)Cc1cccc(-c3cc(N4CCOCC4)cc(=O)[nH]3)c1O2. The fourth-order valence-electron chi connectivity index (χ4n) is 4.98. The third-order valence-corrected chi connectivity index (χ3v) is 6.86. The average molecular weight is 496 g/mol. The number of anilines is 3. The minimum absolute atomic E-state index is 0.126. The van der Waals surface area contributed by atoms with Crippen LogP contribution >= 0.6 is 0 Å². The first-order valence-electron chi connectivity index (χ1n) is 12.5. The van der Waals surface area contributed by atoms with Gasteiger partial charge in [-0.3, -0.25) is 4.79 Å². The van der Waals surface area contributed by atoms with E-state index in [9.17, 15) is 4.79 Å². The van der Waals surface area contributed by atoms with Gasteiger partial charge >= 0.3 is 0 Å². The van der Waals surface area contributed by atoms with Crippen molar-refractivity contribution in [1.29, 1.82) is 0 Å². The molecule has 2 aliphatic rings. The molecule has 0 radical (unpaired) electrons. The summed E-state index contributed by atoms with van der Waals surface area (Å²) in [6, 6.07) is 20.0. The highest BCUT2D eigenvalue weighted by atomic mass is 16.5. The number of aromatic nitrogens is 2. The van der Waals surface area contributed by atoms with Crippen molar-refractivity contribution in [3.05, 3.63) is 93.9 Å². The Bertz CT molecular complexity index is 1490. The number of fused-ring (bicyclic) bond motifs is 2. The summed E-state index contributed by atoms with van der Waals surface area (Å²) in [4.78, 5) is 22.1. The highest BCUT2D eigenvalue weighted by Crippen LogP contribution is 2.43. The molecule has 2 aromatic carbocycles. The van der Waals surface area contributed by atoms with E-state index in [0.717, 1.165) is 76.1 Å². The van der Waals surface area contributed by atoms with Gasteiger partial charge in [-0.05, 0) is 42.0 Å². The van der Waals surface area contributed by atoms with Crippen molar-refractivity contribution in [1.82, 2.24) is 9.97 Å². The molecular formula is C29H29N5O3. The minimum Gasteiger partial charge on any atom is -0.456 e. The number of nitrogens with one attached hydrogen (secondary N) is 3. The van der Waals surface area contributed by atoms with Gasteiger partial charge in [-0.25, -0.2) is 4.98 Å². The molecule has 0 atom stereocenters. The summed E-state index contributed by atoms with van der Waals surface area (Å²) in [5.74, 6) is 2.49. The number of morpholine rings is 1. The zero-order chi connectivity index (χ0) is 25.2. The summed E-state index contributed by atoms with van der Waals surface area (Å²) in [5, 5.41) is 6.64. The van der Waals surface area contributed by atoms with Gasteiger partial charge in [0.1, 0.15) is 17.3 Å². The van der Waals surface area contributed by atoms with Crippen molar-refractivity contribution in [2.75, 3.05) is 48.9 Å². The van der Waals surface area contributed by atoms with Gasteiger partial charge in [0.2, 0.25) is 5.56 Å². The molecule has 188 valence electrons. The number of hydrogen-bond acceptors (Lipinski definition) is 7. The number of ether oxygens (including phenoxy) is 2. The molecule has 0 aliphatic carbocycles.